The van der Waals surface area contributed by atoms with Gasteiger partial charge in [-0.25, -0.2) is 0 Å². The van der Waals surface area contributed by atoms with E-state index in [9.17, 15) is 0 Å². The van der Waals surface area contributed by atoms with E-state index in [0.717, 1.165) is 37.6 Å². The molecule has 1 aliphatic rings. The Balaban J connectivity index is 1.64. The fourth-order valence-corrected chi connectivity index (χ4v) is 2.81. The van der Waals surface area contributed by atoms with Gasteiger partial charge in [0.2, 0.25) is 0 Å². The van der Waals surface area contributed by atoms with Crippen LogP contribution in [0.25, 0.3) is 0 Å². The van der Waals surface area contributed by atoms with E-state index in [1.54, 1.807) is 6.20 Å². The van der Waals surface area contributed by atoms with Crippen molar-refractivity contribution in [3.05, 3.63) is 59.9 Å². The van der Waals surface area contributed by atoms with Crippen LogP contribution in [0.2, 0.25) is 0 Å². The van der Waals surface area contributed by atoms with Crippen molar-refractivity contribution in [2.24, 2.45) is 0 Å². The van der Waals surface area contributed by atoms with Crippen LogP contribution in [0.3, 0.4) is 0 Å². The Morgan fingerprint density at radius 3 is 2.91 bits per heavy atom. The van der Waals surface area contributed by atoms with Gasteiger partial charge in [-0.05, 0) is 25.1 Å². The topological polar surface area (TPSA) is 37.4 Å². The number of benzene rings is 1. The first-order chi connectivity index (χ1) is 10.8. The highest BCUT2D eigenvalue weighted by Crippen LogP contribution is 2.21. The molecular weight excluding hydrogens is 274 g/mol. The molecular formula is C18H23N3O. The number of rotatable bonds is 5. The quantitative estimate of drug-likeness (QED) is 0.920. The van der Waals surface area contributed by atoms with Gasteiger partial charge in [-0.3, -0.25) is 9.88 Å². The third-order valence-corrected chi connectivity index (χ3v) is 3.92. The Morgan fingerprint density at radius 2 is 2.09 bits per heavy atom. The minimum absolute atomic E-state index is 0.510. The molecule has 0 saturated carbocycles. The first-order valence-corrected chi connectivity index (χ1v) is 7.87. The monoisotopic (exact) mass is 297 g/mol. The normalized spacial score (nSPS) is 19.0. The highest BCUT2D eigenvalue weighted by atomic mass is 16.5. The van der Waals surface area contributed by atoms with Gasteiger partial charge >= 0.3 is 0 Å². The van der Waals surface area contributed by atoms with Gasteiger partial charge in [0, 0.05) is 44.0 Å². The lowest BCUT2D eigenvalue weighted by molar-refractivity contribution is 0.195. The zero-order chi connectivity index (χ0) is 15.2. The average molecular weight is 297 g/mol. The van der Waals surface area contributed by atoms with Crippen molar-refractivity contribution in [2.45, 2.75) is 26.1 Å². The maximum atomic E-state index is 5.99. The maximum Gasteiger partial charge on any atom is 0.130 e. The smallest absolute Gasteiger partial charge is 0.130 e. The molecule has 1 aromatic carbocycles. The van der Waals surface area contributed by atoms with Crippen molar-refractivity contribution < 1.29 is 4.74 Å². The molecule has 1 fully saturated rings. The first kappa shape index (κ1) is 15.0. The summed E-state index contributed by atoms with van der Waals surface area (Å²) < 4.78 is 5.99. The molecule has 0 spiro atoms. The van der Waals surface area contributed by atoms with Gasteiger partial charge in [0.05, 0.1) is 5.69 Å². The van der Waals surface area contributed by atoms with Crippen molar-refractivity contribution in [2.75, 3.05) is 19.6 Å². The Labute approximate surface area is 132 Å². The van der Waals surface area contributed by atoms with Crippen LogP contribution >= 0.6 is 0 Å². The van der Waals surface area contributed by atoms with Crippen LogP contribution in [0.5, 0.6) is 5.75 Å². The number of piperazine rings is 1. The van der Waals surface area contributed by atoms with Gasteiger partial charge in [0.25, 0.3) is 0 Å². The summed E-state index contributed by atoms with van der Waals surface area (Å²) in [4.78, 5) is 6.78. The standard InChI is InChI=1S/C18H23N3O/c1-15-12-21(11-10-19-15)13-16-6-2-3-8-18(16)22-14-17-7-4-5-9-20-17/h2-9,15,19H,10-14H2,1H3/t15-/m1/s1. The van der Waals surface area contributed by atoms with E-state index in [-0.39, 0.29) is 0 Å². The van der Waals surface area contributed by atoms with E-state index in [4.69, 9.17) is 4.74 Å². The Bertz CT molecular complexity index is 588. The molecule has 0 unspecified atom stereocenters. The Kier molecular flexibility index (Phi) is 5.03. The van der Waals surface area contributed by atoms with E-state index in [1.807, 2.05) is 30.3 Å². The number of hydrogen-bond donors (Lipinski definition) is 1. The van der Waals surface area contributed by atoms with E-state index >= 15 is 0 Å². The summed E-state index contributed by atoms with van der Waals surface area (Å²) in [6.07, 6.45) is 1.80. The van der Waals surface area contributed by atoms with E-state index in [0.29, 0.717) is 12.6 Å². The minimum atomic E-state index is 0.510. The molecule has 1 saturated heterocycles. The number of aromatic nitrogens is 1. The second-order valence-electron chi connectivity index (χ2n) is 5.81. The number of nitrogens with one attached hydrogen (secondary N) is 1. The van der Waals surface area contributed by atoms with Gasteiger partial charge in [-0.2, -0.15) is 0 Å². The molecule has 3 rings (SSSR count). The molecule has 4 nitrogen and oxygen atoms in total. The third kappa shape index (κ3) is 4.06. The second-order valence-corrected chi connectivity index (χ2v) is 5.81. The lowest BCUT2D eigenvalue weighted by Gasteiger charge is -2.32. The number of nitrogens with zero attached hydrogens (tertiary/aromatic N) is 2. The van der Waals surface area contributed by atoms with Gasteiger partial charge in [-0.1, -0.05) is 24.3 Å². The number of para-hydroxylation sites is 1. The molecule has 1 atom stereocenters. The van der Waals surface area contributed by atoms with Gasteiger partial charge in [0.15, 0.2) is 0 Å². The predicted octanol–water partition coefficient (Wildman–Crippen LogP) is 2.45. The zero-order valence-corrected chi connectivity index (χ0v) is 13.0. The number of ether oxygens (including phenoxy) is 1. The molecule has 0 radical (unpaired) electrons. The molecule has 4 heteroatoms. The van der Waals surface area contributed by atoms with Crippen LogP contribution in [0, 0.1) is 0 Å². The highest BCUT2D eigenvalue weighted by Gasteiger charge is 2.17. The van der Waals surface area contributed by atoms with Crippen molar-refractivity contribution >= 4 is 0 Å². The van der Waals surface area contributed by atoms with Gasteiger partial charge < -0.3 is 10.1 Å². The lowest BCUT2D eigenvalue weighted by Crippen LogP contribution is -2.48. The molecule has 2 aromatic rings. The summed E-state index contributed by atoms with van der Waals surface area (Å²) in [5.41, 5.74) is 2.20. The molecule has 2 heterocycles. The van der Waals surface area contributed by atoms with Gasteiger partial charge in [-0.15, -0.1) is 0 Å². The van der Waals surface area contributed by atoms with Gasteiger partial charge in [0.1, 0.15) is 12.4 Å². The van der Waals surface area contributed by atoms with Crippen LogP contribution in [0.4, 0.5) is 0 Å². The van der Waals surface area contributed by atoms with Crippen molar-refractivity contribution in [3.8, 4) is 5.75 Å². The third-order valence-electron chi connectivity index (χ3n) is 3.92. The van der Waals surface area contributed by atoms with E-state index < -0.39 is 0 Å². The predicted molar refractivity (Wildman–Crippen MR) is 87.8 cm³/mol. The first-order valence-electron chi connectivity index (χ1n) is 7.87. The lowest BCUT2D eigenvalue weighted by atomic mass is 10.1. The number of pyridine rings is 1. The van der Waals surface area contributed by atoms with Crippen LogP contribution in [-0.2, 0) is 13.2 Å². The number of hydrogen-bond acceptors (Lipinski definition) is 4. The van der Waals surface area contributed by atoms with Crippen LogP contribution < -0.4 is 10.1 Å². The van der Waals surface area contributed by atoms with Crippen LogP contribution in [-0.4, -0.2) is 35.6 Å². The summed E-state index contributed by atoms with van der Waals surface area (Å²) in [6, 6.07) is 14.7. The Morgan fingerprint density at radius 1 is 1.23 bits per heavy atom. The molecule has 22 heavy (non-hydrogen) atoms. The summed E-state index contributed by atoms with van der Waals surface area (Å²) in [6.45, 7) is 6.89. The molecule has 1 aliphatic heterocycles. The molecule has 0 aliphatic carbocycles. The molecule has 1 aromatic heterocycles. The molecule has 116 valence electrons. The summed E-state index contributed by atoms with van der Waals surface area (Å²) in [7, 11) is 0. The summed E-state index contributed by atoms with van der Waals surface area (Å²) in [5.74, 6) is 0.958. The van der Waals surface area contributed by atoms with Crippen molar-refractivity contribution in [1.29, 1.82) is 0 Å². The molecule has 0 bridgehead atoms. The van der Waals surface area contributed by atoms with Crippen molar-refractivity contribution in [3.63, 3.8) is 0 Å². The average Bonchev–Trinajstić information content (AvgIpc) is 2.55. The SMILES string of the molecule is C[C@@H]1CN(Cc2ccccc2OCc2ccccn2)CCN1. The summed E-state index contributed by atoms with van der Waals surface area (Å²) in [5, 5.41) is 3.48. The minimum Gasteiger partial charge on any atom is -0.487 e. The van der Waals surface area contributed by atoms with Crippen LogP contribution in [0.1, 0.15) is 18.2 Å². The largest absolute Gasteiger partial charge is 0.487 e. The Hall–Kier alpha value is -1.91. The zero-order valence-electron chi connectivity index (χ0n) is 13.0. The maximum absolute atomic E-state index is 5.99. The summed E-state index contributed by atoms with van der Waals surface area (Å²) >= 11 is 0. The fraction of sp³-hybridized carbons (Fsp3) is 0.389. The van der Waals surface area contributed by atoms with Crippen LogP contribution in [0.15, 0.2) is 48.7 Å². The fourth-order valence-electron chi connectivity index (χ4n) is 2.81. The molecule has 1 N–H and O–H groups in total. The van der Waals surface area contributed by atoms with E-state index in [1.165, 1.54) is 5.56 Å². The highest BCUT2D eigenvalue weighted by molar-refractivity contribution is 5.33. The second kappa shape index (κ2) is 7.38. The molecule has 0 amide bonds. The van der Waals surface area contributed by atoms with E-state index in [2.05, 4.69) is 34.3 Å². The van der Waals surface area contributed by atoms with Crippen molar-refractivity contribution in [1.82, 2.24) is 15.2 Å².